The number of carbonyl (C=O) groups excluding carboxylic acids is 1. The predicted molar refractivity (Wildman–Crippen MR) is 86.5 cm³/mol. The fraction of sp³-hybridized carbons (Fsp3) is 0.625. The Kier molecular flexibility index (Phi) is 8.04. The molecule has 1 heterocycles. The molecule has 9 nitrogen and oxygen atoms in total. The van der Waals surface area contributed by atoms with Gasteiger partial charge in [0.1, 0.15) is 18.3 Å². The van der Waals surface area contributed by atoms with E-state index >= 15 is 0 Å². The van der Waals surface area contributed by atoms with Crippen LogP contribution in [0.2, 0.25) is 0 Å². The van der Waals surface area contributed by atoms with Gasteiger partial charge in [-0.1, -0.05) is 6.08 Å². The number of amides is 1. The Morgan fingerprint density at radius 2 is 2.08 bits per heavy atom. The summed E-state index contributed by atoms with van der Waals surface area (Å²) in [6, 6.07) is -0.966. The average molecular weight is 359 g/mol. The van der Waals surface area contributed by atoms with Gasteiger partial charge in [-0.05, 0) is 13.3 Å². The summed E-state index contributed by atoms with van der Waals surface area (Å²) in [6.45, 7) is 5.96. The van der Waals surface area contributed by atoms with Crippen molar-refractivity contribution >= 4 is 11.9 Å². The molecule has 0 saturated carbocycles. The fourth-order valence-electron chi connectivity index (χ4n) is 2.74. The third-order valence-electron chi connectivity index (χ3n) is 3.76. The fourth-order valence-corrected chi connectivity index (χ4v) is 2.74. The molecule has 142 valence electrons. The lowest BCUT2D eigenvalue weighted by molar-refractivity contribution is -0.153. The quantitative estimate of drug-likeness (QED) is 0.327. The maximum atomic E-state index is 11.6. The summed E-state index contributed by atoms with van der Waals surface area (Å²) in [6.07, 6.45) is -3.87. The Hall–Kier alpha value is -1.94. The van der Waals surface area contributed by atoms with Gasteiger partial charge in [0.05, 0.1) is 12.6 Å². The van der Waals surface area contributed by atoms with Crippen molar-refractivity contribution in [3.05, 3.63) is 24.0 Å². The number of carboxylic acids is 1. The molecule has 0 fully saturated rings. The molecule has 1 aliphatic heterocycles. The van der Waals surface area contributed by atoms with E-state index in [1.807, 2.05) is 0 Å². The Bertz CT molecular complexity index is 532. The summed E-state index contributed by atoms with van der Waals surface area (Å²) >= 11 is 0. The zero-order chi connectivity index (χ0) is 19.1. The Labute approximate surface area is 145 Å². The van der Waals surface area contributed by atoms with E-state index in [1.54, 1.807) is 6.92 Å². The van der Waals surface area contributed by atoms with Crippen LogP contribution < -0.4 is 5.32 Å². The smallest absolute Gasteiger partial charge is 0.371 e. The molecule has 0 saturated heterocycles. The molecule has 0 bridgehead atoms. The number of aliphatic carboxylic acids is 1. The summed E-state index contributed by atoms with van der Waals surface area (Å²) in [5.41, 5.74) is 0.255. The minimum Gasteiger partial charge on any atom is -0.478 e. The van der Waals surface area contributed by atoms with Crippen LogP contribution in [-0.2, 0) is 19.1 Å². The molecule has 0 radical (unpaired) electrons. The van der Waals surface area contributed by atoms with Crippen LogP contribution in [0.15, 0.2) is 24.0 Å². The van der Waals surface area contributed by atoms with Crippen molar-refractivity contribution in [2.75, 3.05) is 13.2 Å². The van der Waals surface area contributed by atoms with E-state index in [1.165, 1.54) is 13.0 Å². The van der Waals surface area contributed by atoms with Crippen LogP contribution in [0.3, 0.4) is 0 Å². The predicted octanol–water partition coefficient (Wildman–Crippen LogP) is -1.08. The van der Waals surface area contributed by atoms with Crippen molar-refractivity contribution in [2.24, 2.45) is 0 Å². The number of carbonyl (C=O) groups is 2. The number of hydrogen-bond donors (Lipinski definition) is 5. The lowest BCUT2D eigenvalue weighted by atomic mass is 9.87. The lowest BCUT2D eigenvalue weighted by Gasteiger charge is -2.42. The molecule has 1 amide bonds. The number of ether oxygens (including phenoxy) is 2. The Morgan fingerprint density at radius 3 is 2.52 bits per heavy atom. The normalized spacial score (nSPS) is 25.7. The van der Waals surface area contributed by atoms with Gasteiger partial charge in [-0.2, -0.15) is 0 Å². The first-order chi connectivity index (χ1) is 11.8. The first kappa shape index (κ1) is 21.1. The van der Waals surface area contributed by atoms with Crippen molar-refractivity contribution in [2.45, 2.75) is 50.7 Å². The number of allylic oxidation sites excluding steroid dienone is 1. The van der Waals surface area contributed by atoms with Gasteiger partial charge in [0.15, 0.2) is 6.10 Å². The molecule has 0 aromatic carbocycles. The molecular weight excluding hydrogens is 334 g/mol. The van der Waals surface area contributed by atoms with E-state index in [2.05, 4.69) is 11.9 Å². The molecule has 1 aliphatic rings. The molecule has 0 aromatic rings. The van der Waals surface area contributed by atoms with Crippen LogP contribution >= 0.6 is 0 Å². The number of aliphatic hydroxyl groups is 3. The van der Waals surface area contributed by atoms with Crippen LogP contribution in [0, 0.1) is 0 Å². The molecule has 25 heavy (non-hydrogen) atoms. The minimum absolute atomic E-state index is 0.133. The molecule has 0 aliphatic carbocycles. The molecule has 5 N–H and O–H groups in total. The monoisotopic (exact) mass is 359 g/mol. The lowest BCUT2D eigenvalue weighted by Crippen LogP contribution is -2.61. The van der Waals surface area contributed by atoms with Gasteiger partial charge in [-0.15, -0.1) is 6.58 Å². The third-order valence-corrected chi connectivity index (χ3v) is 3.76. The Balaban J connectivity index is 3.43. The van der Waals surface area contributed by atoms with Crippen LogP contribution in [0.4, 0.5) is 0 Å². The van der Waals surface area contributed by atoms with Gasteiger partial charge in [0.2, 0.25) is 11.7 Å². The zero-order valence-electron chi connectivity index (χ0n) is 14.2. The maximum absolute atomic E-state index is 11.6. The third kappa shape index (κ3) is 5.02. The highest BCUT2D eigenvalue weighted by Crippen LogP contribution is 2.32. The SMILES string of the molecule is C=CCC1=C(C(=O)O)O[C@@H](C(O)C(O)CO)[C@H](NC(C)=O)[C@H]1OCC. The molecule has 5 atom stereocenters. The maximum Gasteiger partial charge on any atom is 0.371 e. The van der Waals surface area contributed by atoms with E-state index in [0.717, 1.165) is 0 Å². The van der Waals surface area contributed by atoms with Gasteiger partial charge in [-0.3, -0.25) is 4.79 Å². The van der Waals surface area contributed by atoms with Gasteiger partial charge >= 0.3 is 5.97 Å². The van der Waals surface area contributed by atoms with E-state index in [4.69, 9.17) is 14.6 Å². The average Bonchev–Trinajstić information content (AvgIpc) is 2.55. The van der Waals surface area contributed by atoms with E-state index in [9.17, 15) is 24.9 Å². The number of aliphatic hydroxyl groups excluding tert-OH is 3. The van der Waals surface area contributed by atoms with E-state index < -0.39 is 54.7 Å². The highest BCUT2D eigenvalue weighted by molar-refractivity contribution is 5.86. The van der Waals surface area contributed by atoms with Crippen LogP contribution in [0.25, 0.3) is 0 Å². The molecule has 0 spiro atoms. The van der Waals surface area contributed by atoms with Crippen molar-refractivity contribution in [1.29, 1.82) is 0 Å². The van der Waals surface area contributed by atoms with Crippen molar-refractivity contribution in [3.8, 4) is 0 Å². The number of carboxylic acid groups (broad SMARTS) is 1. The second-order valence-corrected chi connectivity index (χ2v) is 5.58. The van der Waals surface area contributed by atoms with Crippen LogP contribution in [0.1, 0.15) is 20.3 Å². The summed E-state index contributed by atoms with van der Waals surface area (Å²) < 4.78 is 11.0. The molecular formula is C16H25NO8. The second-order valence-electron chi connectivity index (χ2n) is 5.58. The van der Waals surface area contributed by atoms with Crippen molar-refractivity contribution in [3.63, 3.8) is 0 Å². The largest absolute Gasteiger partial charge is 0.478 e. The summed E-state index contributed by atoms with van der Waals surface area (Å²) in [7, 11) is 0. The standard InChI is InChI=1S/C16H25NO8/c1-4-6-9-13(24-5-2)11(17-8(3)19)15(12(21)10(20)7-18)25-14(9)16(22)23/h4,10-13,15,18,20-21H,1,5-7H2,2-3H3,(H,17,19)(H,22,23)/t10?,11-,12?,13+,15-/m1/s1. The van der Waals surface area contributed by atoms with Gasteiger partial charge in [0, 0.05) is 19.1 Å². The second kappa shape index (κ2) is 9.52. The van der Waals surface area contributed by atoms with Gasteiger partial charge in [-0.25, -0.2) is 4.79 Å². The van der Waals surface area contributed by atoms with Gasteiger partial charge < -0.3 is 35.2 Å². The summed E-state index contributed by atoms with van der Waals surface area (Å²) in [5.74, 6) is -2.27. The highest BCUT2D eigenvalue weighted by atomic mass is 16.5. The topological polar surface area (TPSA) is 146 Å². The highest BCUT2D eigenvalue weighted by Gasteiger charge is 2.47. The summed E-state index contributed by atoms with van der Waals surface area (Å²) in [5, 5.41) is 41.0. The van der Waals surface area contributed by atoms with E-state index in [0.29, 0.717) is 0 Å². The molecule has 2 unspecified atom stereocenters. The first-order valence-corrected chi connectivity index (χ1v) is 7.87. The number of nitrogens with one attached hydrogen (secondary N) is 1. The number of rotatable bonds is 9. The van der Waals surface area contributed by atoms with E-state index in [-0.39, 0.29) is 18.6 Å². The first-order valence-electron chi connectivity index (χ1n) is 7.87. The summed E-state index contributed by atoms with van der Waals surface area (Å²) in [4.78, 5) is 23.2. The van der Waals surface area contributed by atoms with Crippen LogP contribution in [0.5, 0.6) is 0 Å². The van der Waals surface area contributed by atoms with Crippen LogP contribution in [-0.4, -0.2) is 76.0 Å². The molecule has 9 heteroatoms. The Morgan fingerprint density at radius 1 is 1.44 bits per heavy atom. The minimum atomic E-state index is -1.65. The zero-order valence-corrected chi connectivity index (χ0v) is 14.2. The van der Waals surface area contributed by atoms with Crippen molar-refractivity contribution < 1.29 is 39.5 Å². The van der Waals surface area contributed by atoms with Crippen molar-refractivity contribution in [1.82, 2.24) is 5.32 Å². The molecule has 0 aromatic heterocycles. The number of hydrogen-bond acceptors (Lipinski definition) is 7. The molecule has 1 rings (SSSR count). The van der Waals surface area contributed by atoms with Gasteiger partial charge in [0.25, 0.3) is 0 Å².